The van der Waals surface area contributed by atoms with E-state index in [2.05, 4.69) is 0 Å². The molecule has 0 aliphatic carbocycles. The highest BCUT2D eigenvalue weighted by molar-refractivity contribution is 7.10. The molecular formula is C28H31FN2O3S. The third kappa shape index (κ3) is 6.09. The zero-order chi connectivity index (χ0) is 24.8. The quantitative estimate of drug-likeness (QED) is 0.408. The molecule has 0 spiro atoms. The Hall–Kier alpha value is -3.19. The summed E-state index contributed by atoms with van der Waals surface area (Å²) in [5, 5.41) is 2.04. The van der Waals surface area contributed by atoms with E-state index in [0.717, 1.165) is 24.0 Å². The van der Waals surface area contributed by atoms with E-state index in [1.54, 1.807) is 28.4 Å². The predicted molar refractivity (Wildman–Crippen MR) is 136 cm³/mol. The number of nitrogens with zero attached hydrogens (tertiary/aromatic N) is 2. The number of hydrogen-bond donors (Lipinski definition) is 0. The molecule has 2 aromatic carbocycles. The number of fused-ring (bicyclic) bond motifs is 1. The number of thiophene rings is 1. The van der Waals surface area contributed by atoms with Crippen molar-refractivity contribution in [2.24, 2.45) is 0 Å². The van der Waals surface area contributed by atoms with E-state index >= 15 is 0 Å². The van der Waals surface area contributed by atoms with Crippen LogP contribution in [0.25, 0.3) is 0 Å². The van der Waals surface area contributed by atoms with E-state index < -0.39 is 0 Å². The summed E-state index contributed by atoms with van der Waals surface area (Å²) in [6, 6.07) is 17.2. The molecule has 2 amide bonds. The van der Waals surface area contributed by atoms with E-state index in [-0.39, 0.29) is 49.3 Å². The van der Waals surface area contributed by atoms with Gasteiger partial charge in [-0.05, 0) is 66.6 Å². The largest absolute Gasteiger partial charge is 0.491 e. The summed E-state index contributed by atoms with van der Waals surface area (Å²) in [7, 11) is 0. The molecule has 4 rings (SSSR count). The van der Waals surface area contributed by atoms with Gasteiger partial charge in [-0.15, -0.1) is 11.3 Å². The second kappa shape index (κ2) is 11.5. The van der Waals surface area contributed by atoms with Crippen molar-refractivity contribution >= 4 is 23.2 Å². The highest BCUT2D eigenvalue weighted by Gasteiger charge is 2.34. The maximum absolute atomic E-state index is 13.6. The summed E-state index contributed by atoms with van der Waals surface area (Å²) >= 11 is 1.69. The fraction of sp³-hybridized carbons (Fsp3) is 0.357. The summed E-state index contributed by atoms with van der Waals surface area (Å²) in [5.41, 5.74) is 2.02. The van der Waals surface area contributed by atoms with Crippen molar-refractivity contribution in [3.63, 3.8) is 0 Å². The standard InChI is InChI=1S/C28H31FN2O3S/c1-3-20(2)31(27(32)17-21-7-5-4-6-8-21)18-28(33)30-15-13-26-24(14-16-35-26)25(30)19-34-23-11-9-22(29)10-12-23/h4-12,14,16,20,25H,3,13,15,17-19H2,1-2H3/t20-,25-/m0/s1. The van der Waals surface area contributed by atoms with Gasteiger partial charge in [-0.25, -0.2) is 4.39 Å². The summed E-state index contributed by atoms with van der Waals surface area (Å²) < 4.78 is 19.3. The first kappa shape index (κ1) is 24.9. The average molecular weight is 495 g/mol. The zero-order valence-corrected chi connectivity index (χ0v) is 21.0. The van der Waals surface area contributed by atoms with Gasteiger partial charge in [-0.2, -0.15) is 0 Å². The Morgan fingerprint density at radius 1 is 1.14 bits per heavy atom. The highest BCUT2D eigenvalue weighted by atomic mass is 32.1. The number of halogens is 1. The van der Waals surface area contributed by atoms with E-state index in [9.17, 15) is 14.0 Å². The molecule has 0 saturated carbocycles. The summed E-state index contributed by atoms with van der Waals surface area (Å²) in [6.45, 7) is 4.88. The van der Waals surface area contributed by atoms with Crippen LogP contribution in [-0.4, -0.2) is 47.4 Å². The third-order valence-corrected chi connectivity index (χ3v) is 7.58. The number of rotatable bonds is 9. The van der Waals surface area contributed by atoms with Gasteiger partial charge in [0.2, 0.25) is 11.8 Å². The minimum Gasteiger partial charge on any atom is -0.491 e. The topological polar surface area (TPSA) is 49.9 Å². The summed E-state index contributed by atoms with van der Waals surface area (Å²) in [6.07, 6.45) is 1.82. The van der Waals surface area contributed by atoms with Crippen LogP contribution in [-0.2, 0) is 22.4 Å². The third-order valence-electron chi connectivity index (χ3n) is 6.58. The van der Waals surface area contributed by atoms with E-state index in [4.69, 9.17) is 4.74 Å². The lowest BCUT2D eigenvalue weighted by molar-refractivity contribution is -0.144. The summed E-state index contributed by atoms with van der Waals surface area (Å²) in [4.78, 5) is 31.6. The molecule has 1 aliphatic rings. The molecule has 2 heterocycles. The van der Waals surface area contributed by atoms with Gasteiger partial charge in [-0.1, -0.05) is 37.3 Å². The van der Waals surface area contributed by atoms with Gasteiger partial charge in [0, 0.05) is 17.5 Å². The van der Waals surface area contributed by atoms with E-state index in [1.807, 2.05) is 60.5 Å². The molecular weight excluding hydrogens is 463 g/mol. The highest BCUT2D eigenvalue weighted by Crippen LogP contribution is 2.34. The first-order chi connectivity index (χ1) is 17.0. The lowest BCUT2D eigenvalue weighted by Crippen LogP contribution is -2.50. The SMILES string of the molecule is CC[C@H](C)N(CC(=O)N1CCc2sccc2[C@@H]1COc1ccc(F)cc1)C(=O)Cc1ccccc1. The van der Waals surface area contributed by atoms with Gasteiger partial charge in [0.15, 0.2) is 0 Å². The Morgan fingerprint density at radius 3 is 2.60 bits per heavy atom. The second-order valence-electron chi connectivity index (χ2n) is 8.86. The van der Waals surface area contributed by atoms with Crippen LogP contribution in [0.2, 0.25) is 0 Å². The predicted octanol–water partition coefficient (Wildman–Crippen LogP) is 5.26. The van der Waals surface area contributed by atoms with Crippen LogP contribution in [0.5, 0.6) is 5.75 Å². The van der Waals surface area contributed by atoms with Crippen molar-refractivity contribution in [2.75, 3.05) is 19.7 Å². The van der Waals surface area contributed by atoms with Crippen LogP contribution < -0.4 is 4.74 Å². The van der Waals surface area contributed by atoms with Crippen LogP contribution in [0.15, 0.2) is 66.0 Å². The molecule has 2 atom stereocenters. The number of hydrogen-bond acceptors (Lipinski definition) is 4. The van der Waals surface area contributed by atoms with Crippen LogP contribution in [0, 0.1) is 5.82 Å². The molecule has 7 heteroatoms. The molecule has 1 aromatic heterocycles. The monoisotopic (exact) mass is 494 g/mol. The van der Waals surface area contributed by atoms with Gasteiger partial charge in [-0.3, -0.25) is 9.59 Å². The van der Waals surface area contributed by atoms with Crippen molar-refractivity contribution in [3.05, 3.63) is 87.9 Å². The Morgan fingerprint density at radius 2 is 1.89 bits per heavy atom. The lowest BCUT2D eigenvalue weighted by atomic mass is 10.00. The van der Waals surface area contributed by atoms with Crippen LogP contribution >= 0.6 is 11.3 Å². The first-order valence-electron chi connectivity index (χ1n) is 12.0. The number of benzene rings is 2. The minimum absolute atomic E-state index is 0.0349. The Bertz CT molecular complexity index is 1130. The number of carbonyl (C=O) groups is 2. The van der Waals surface area contributed by atoms with E-state index in [0.29, 0.717) is 12.3 Å². The van der Waals surface area contributed by atoms with Gasteiger partial charge in [0.05, 0.1) is 12.5 Å². The van der Waals surface area contributed by atoms with Gasteiger partial charge < -0.3 is 14.5 Å². The molecule has 0 bridgehead atoms. The van der Waals surface area contributed by atoms with Crippen LogP contribution in [0.3, 0.4) is 0 Å². The molecule has 0 radical (unpaired) electrons. The molecule has 1 aliphatic heterocycles. The Kier molecular flexibility index (Phi) is 8.18. The smallest absolute Gasteiger partial charge is 0.242 e. The maximum atomic E-state index is 13.6. The number of ether oxygens (including phenoxy) is 1. The second-order valence-corrected chi connectivity index (χ2v) is 9.86. The normalized spacial score (nSPS) is 15.9. The Labute approximate surface area is 210 Å². The van der Waals surface area contributed by atoms with Crippen molar-refractivity contribution in [1.82, 2.24) is 9.80 Å². The minimum atomic E-state index is -0.322. The molecule has 0 saturated heterocycles. The van der Waals surface area contributed by atoms with Crippen molar-refractivity contribution in [1.29, 1.82) is 0 Å². The van der Waals surface area contributed by atoms with Crippen LogP contribution in [0.1, 0.15) is 42.3 Å². The molecule has 0 N–H and O–H groups in total. The summed E-state index contributed by atoms with van der Waals surface area (Å²) in [5.74, 6) is 0.0974. The van der Waals surface area contributed by atoms with Crippen molar-refractivity contribution in [3.8, 4) is 5.75 Å². The van der Waals surface area contributed by atoms with Gasteiger partial charge >= 0.3 is 0 Å². The Balaban J connectivity index is 1.50. The van der Waals surface area contributed by atoms with Crippen molar-refractivity contribution < 1.29 is 18.7 Å². The van der Waals surface area contributed by atoms with Gasteiger partial charge in [0.1, 0.15) is 24.7 Å². The molecule has 35 heavy (non-hydrogen) atoms. The number of amides is 2. The zero-order valence-electron chi connectivity index (χ0n) is 20.2. The molecule has 3 aromatic rings. The number of carbonyl (C=O) groups excluding carboxylic acids is 2. The van der Waals surface area contributed by atoms with Crippen molar-refractivity contribution in [2.45, 2.75) is 45.2 Å². The maximum Gasteiger partial charge on any atom is 0.242 e. The molecule has 0 unspecified atom stereocenters. The van der Waals surface area contributed by atoms with E-state index in [1.165, 1.54) is 17.0 Å². The molecule has 5 nitrogen and oxygen atoms in total. The molecule has 184 valence electrons. The lowest BCUT2D eigenvalue weighted by Gasteiger charge is -2.38. The first-order valence-corrected chi connectivity index (χ1v) is 12.9. The van der Waals surface area contributed by atoms with Crippen LogP contribution in [0.4, 0.5) is 4.39 Å². The average Bonchev–Trinajstić information content (AvgIpc) is 3.36. The van der Waals surface area contributed by atoms with Gasteiger partial charge in [0.25, 0.3) is 0 Å². The molecule has 0 fully saturated rings. The fourth-order valence-corrected chi connectivity index (χ4v) is 5.33. The fourth-order valence-electron chi connectivity index (χ4n) is 4.40.